The lowest BCUT2D eigenvalue weighted by atomic mass is 10.0. The van der Waals surface area contributed by atoms with Crippen LogP contribution in [0.1, 0.15) is 32.3 Å². The van der Waals surface area contributed by atoms with Gasteiger partial charge in [-0.15, -0.1) is 0 Å². The van der Waals surface area contributed by atoms with Crippen LogP contribution >= 0.6 is 0 Å². The van der Waals surface area contributed by atoms with Crippen molar-refractivity contribution in [3.05, 3.63) is 29.8 Å². The first-order chi connectivity index (χ1) is 9.20. The van der Waals surface area contributed by atoms with Gasteiger partial charge in [-0.05, 0) is 30.4 Å². The summed E-state index contributed by atoms with van der Waals surface area (Å²) < 4.78 is 12.5. The number of alkyl halides is 1. The molecule has 0 fully saturated rings. The monoisotopic (exact) mass is 264 g/mol. The standard InChI is InChI=1S/C16H25FN2/c1-13(2)10-15-12-19(9-5-8-17)16-7-4-3-6-14(16)11-18-15/h3-4,6-7,13,15,18H,5,8-12H2,1-2H3. The fraction of sp³-hybridized carbons (Fsp3) is 0.625. The van der Waals surface area contributed by atoms with Gasteiger partial charge in [-0.3, -0.25) is 4.39 Å². The molecule has 1 aromatic carbocycles. The highest BCUT2D eigenvalue weighted by Gasteiger charge is 2.21. The molecule has 1 aliphatic rings. The number of nitrogens with zero attached hydrogens (tertiary/aromatic N) is 1. The number of anilines is 1. The number of rotatable bonds is 5. The predicted octanol–water partition coefficient (Wildman–Crippen LogP) is 3.37. The van der Waals surface area contributed by atoms with Gasteiger partial charge in [-0.1, -0.05) is 32.0 Å². The molecule has 1 aromatic rings. The van der Waals surface area contributed by atoms with Crippen molar-refractivity contribution in [3.8, 4) is 0 Å². The Balaban J connectivity index is 2.14. The molecule has 0 radical (unpaired) electrons. The second-order valence-electron chi connectivity index (χ2n) is 5.82. The Morgan fingerprint density at radius 2 is 2.16 bits per heavy atom. The SMILES string of the molecule is CC(C)CC1CN(CCCF)c2ccccc2CN1. The molecule has 1 aliphatic heterocycles. The molecule has 0 bridgehead atoms. The fourth-order valence-electron chi connectivity index (χ4n) is 2.84. The molecule has 0 aliphatic carbocycles. The van der Waals surface area contributed by atoms with E-state index in [4.69, 9.17) is 0 Å². The summed E-state index contributed by atoms with van der Waals surface area (Å²) in [7, 11) is 0. The Bertz CT molecular complexity index is 392. The van der Waals surface area contributed by atoms with Crippen LogP contribution in [0, 0.1) is 5.92 Å². The maximum Gasteiger partial charge on any atom is 0.0911 e. The van der Waals surface area contributed by atoms with E-state index in [-0.39, 0.29) is 6.67 Å². The number of hydrogen-bond donors (Lipinski definition) is 1. The van der Waals surface area contributed by atoms with Gasteiger partial charge in [0.25, 0.3) is 0 Å². The zero-order chi connectivity index (χ0) is 13.7. The highest BCUT2D eigenvalue weighted by molar-refractivity contribution is 5.54. The average Bonchev–Trinajstić information content (AvgIpc) is 2.56. The molecule has 19 heavy (non-hydrogen) atoms. The van der Waals surface area contributed by atoms with E-state index >= 15 is 0 Å². The van der Waals surface area contributed by atoms with Crippen molar-refractivity contribution in [3.63, 3.8) is 0 Å². The molecule has 0 spiro atoms. The summed E-state index contributed by atoms with van der Waals surface area (Å²) in [6.45, 7) is 6.98. The van der Waals surface area contributed by atoms with Crippen molar-refractivity contribution in [2.75, 3.05) is 24.7 Å². The van der Waals surface area contributed by atoms with Crippen LogP contribution in [0.2, 0.25) is 0 Å². The van der Waals surface area contributed by atoms with Crippen LogP contribution in [-0.4, -0.2) is 25.8 Å². The molecule has 1 heterocycles. The van der Waals surface area contributed by atoms with Gasteiger partial charge >= 0.3 is 0 Å². The second kappa shape index (κ2) is 6.90. The topological polar surface area (TPSA) is 15.3 Å². The number of fused-ring (bicyclic) bond motifs is 1. The van der Waals surface area contributed by atoms with E-state index in [0.29, 0.717) is 18.4 Å². The summed E-state index contributed by atoms with van der Waals surface area (Å²) in [6.07, 6.45) is 1.78. The van der Waals surface area contributed by atoms with E-state index in [0.717, 1.165) is 19.6 Å². The Labute approximate surface area is 116 Å². The maximum atomic E-state index is 12.5. The van der Waals surface area contributed by atoms with E-state index < -0.39 is 0 Å². The first-order valence-electron chi connectivity index (χ1n) is 7.33. The summed E-state index contributed by atoms with van der Waals surface area (Å²) in [5.74, 6) is 0.682. The van der Waals surface area contributed by atoms with Crippen molar-refractivity contribution >= 4 is 5.69 Å². The minimum absolute atomic E-state index is 0.235. The summed E-state index contributed by atoms with van der Waals surface area (Å²) >= 11 is 0. The maximum absolute atomic E-state index is 12.5. The molecule has 1 N–H and O–H groups in total. The molecule has 3 heteroatoms. The molecule has 1 atom stereocenters. The zero-order valence-electron chi connectivity index (χ0n) is 12.0. The smallest absolute Gasteiger partial charge is 0.0911 e. The lowest BCUT2D eigenvalue weighted by Gasteiger charge is -2.28. The lowest BCUT2D eigenvalue weighted by Crippen LogP contribution is -2.39. The minimum atomic E-state index is -0.235. The Kier molecular flexibility index (Phi) is 5.20. The van der Waals surface area contributed by atoms with Gasteiger partial charge in [0.1, 0.15) is 0 Å². The lowest BCUT2D eigenvalue weighted by molar-refractivity contribution is 0.415. The van der Waals surface area contributed by atoms with E-state index in [1.165, 1.54) is 17.7 Å². The van der Waals surface area contributed by atoms with Crippen molar-refractivity contribution < 1.29 is 4.39 Å². The van der Waals surface area contributed by atoms with Crippen molar-refractivity contribution in [1.29, 1.82) is 0 Å². The first-order valence-corrected chi connectivity index (χ1v) is 7.33. The first kappa shape index (κ1) is 14.3. The van der Waals surface area contributed by atoms with Gasteiger partial charge in [0.15, 0.2) is 0 Å². The molecule has 0 saturated carbocycles. The Morgan fingerprint density at radius 1 is 1.37 bits per heavy atom. The van der Waals surface area contributed by atoms with E-state index in [1.54, 1.807) is 0 Å². The molecule has 0 saturated heterocycles. The quantitative estimate of drug-likeness (QED) is 0.877. The van der Waals surface area contributed by atoms with Crippen molar-refractivity contribution in [2.45, 2.75) is 39.3 Å². The van der Waals surface area contributed by atoms with Crippen LogP contribution in [-0.2, 0) is 6.54 Å². The average molecular weight is 264 g/mol. The molecule has 1 unspecified atom stereocenters. The van der Waals surface area contributed by atoms with Crippen LogP contribution in [0.3, 0.4) is 0 Å². The van der Waals surface area contributed by atoms with E-state index in [1.807, 2.05) is 0 Å². The van der Waals surface area contributed by atoms with Crippen LogP contribution in [0.4, 0.5) is 10.1 Å². The molecular weight excluding hydrogens is 239 g/mol. The highest BCUT2D eigenvalue weighted by Crippen LogP contribution is 2.24. The predicted molar refractivity (Wildman–Crippen MR) is 79.3 cm³/mol. The van der Waals surface area contributed by atoms with Gasteiger partial charge < -0.3 is 10.2 Å². The third-order valence-electron chi connectivity index (χ3n) is 3.67. The Hall–Kier alpha value is -1.09. The molecule has 2 rings (SSSR count). The Morgan fingerprint density at radius 3 is 2.89 bits per heavy atom. The second-order valence-corrected chi connectivity index (χ2v) is 5.82. The number of halogens is 1. The van der Waals surface area contributed by atoms with E-state index in [9.17, 15) is 4.39 Å². The third kappa shape index (κ3) is 3.93. The molecule has 106 valence electrons. The summed E-state index contributed by atoms with van der Waals surface area (Å²) in [5, 5.41) is 3.64. The van der Waals surface area contributed by atoms with Crippen LogP contribution in [0.15, 0.2) is 24.3 Å². The molecular formula is C16H25FN2. The van der Waals surface area contributed by atoms with Crippen molar-refractivity contribution in [1.82, 2.24) is 5.32 Å². The minimum Gasteiger partial charge on any atom is -0.370 e. The summed E-state index contributed by atoms with van der Waals surface area (Å²) in [5.41, 5.74) is 2.60. The number of benzene rings is 1. The van der Waals surface area contributed by atoms with E-state index in [2.05, 4.69) is 48.3 Å². The number of nitrogens with one attached hydrogen (secondary N) is 1. The van der Waals surface area contributed by atoms with Gasteiger partial charge in [-0.25, -0.2) is 0 Å². The highest BCUT2D eigenvalue weighted by atomic mass is 19.1. The third-order valence-corrected chi connectivity index (χ3v) is 3.67. The molecule has 0 aromatic heterocycles. The van der Waals surface area contributed by atoms with Crippen LogP contribution < -0.4 is 10.2 Å². The normalized spacial score (nSPS) is 19.4. The largest absolute Gasteiger partial charge is 0.370 e. The summed E-state index contributed by atoms with van der Waals surface area (Å²) in [6, 6.07) is 8.97. The molecule has 2 nitrogen and oxygen atoms in total. The zero-order valence-corrected chi connectivity index (χ0v) is 12.0. The van der Waals surface area contributed by atoms with Crippen LogP contribution in [0.25, 0.3) is 0 Å². The van der Waals surface area contributed by atoms with Gasteiger partial charge in [-0.2, -0.15) is 0 Å². The number of hydrogen-bond acceptors (Lipinski definition) is 2. The van der Waals surface area contributed by atoms with Gasteiger partial charge in [0.05, 0.1) is 6.67 Å². The van der Waals surface area contributed by atoms with Crippen LogP contribution in [0.5, 0.6) is 0 Å². The summed E-state index contributed by atoms with van der Waals surface area (Å²) in [4.78, 5) is 2.35. The number of para-hydroxylation sites is 1. The van der Waals surface area contributed by atoms with Gasteiger partial charge in [0.2, 0.25) is 0 Å². The van der Waals surface area contributed by atoms with Gasteiger partial charge in [0, 0.05) is 31.4 Å². The van der Waals surface area contributed by atoms with Crippen molar-refractivity contribution in [2.24, 2.45) is 5.92 Å². The fourth-order valence-corrected chi connectivity index (χ4v) is 2.84. The molecule has 0 amide bonds.